The predicted molar refractivity (Wildman–Crippen MR) is 71.3 cm³/mol. The summed E-state index contributed by atoms with van der Waals surface area (Å²) in [7, 11) is 0. The van der Waals surface area contributed by atoms with E-state index in [1.807, 2.05) is 24.0 Å². The van der Waals surface area contributed by atoms with Crippen LogP contribution in [0.25, 0.3) is 11.1 Å². The summed E-state index contributed by atoms with van der Waals surface area (Å²) in [4.78, 5) is 18.0. The Morgan fingerprint density at radius 3 is 3.21 bits per heavy atom. The zero-order chi connectivity index (χ0) is 13.4. The van der Waals surface area contributed by atoms with E-state index in [1.54, 1.807) is 6.07 Å². The Labute approximate surface area is 110 Å². The molecule has 1 amide bonds. The van der Waals surface area contributed by atoms with Crippen molar-refractivity contribution >= 4 is 22.7 Å². The zero-order valence-corrected chi connectivity index (χ0v) is 10.7. The number of hydrogen-bond acceptors (Lipinski definition) is 5. The van der Waals surface area contributed by atoms with E-state index in [-0.39, 0.29) is 11.9 Å². The van der Waals surface area contributed by atoms with Gasteiger partial charge in [0.25, 0.3) is 0 Å². The number of hydrogen-bond donors (Lipinski definition) is 2. The second kappa shape index (κ2) is 4.55. The molecule has 100 valence electrons. The normalized spacial score (nSPS) is 20.7. The van der Waals surface area contributed by atoms with Gasteiger partial charge in [0.05, 0.1) is 18.3 Å². The molecule has 0 spiro atoms. The molecule has 1 unspecified atom stereocenters. The minimum Gasteiger partial charge on any atom is -0.439 e. The lowest BCUT2D eigenvalue weighted by Crippen LogP contribution is -2.53. The van der Waals surface area contributed by atoms with E-state index in [0.717, 1.165) is 6.54 Å². The van der Waals surface area contributed by atoms with Gasteiger partial charge in [-0.3, -0.25) is 9.69 Å². The number of aromatic nitrogens is 1. The lowest BCUT2D eigenvalue weighted by Gasteiger charge is -2.31. The van der Waals surface area contributed by atoms with Crippen molar-refractivity contribution in [2.75, 3.05) is 18.8 Å². The van der Waals surface area contributed by atoms with Crippen molar-refractivity contribution in [1.82, 2.24) is 15.2 Å². The van der Waals surface area contributed by atoms with E-state index in [9.17, 15) is 4.79 Å². The summed E-state index contributed by atoms with van der Waals surface area (Å²) >= 11 is 0. The molecular weight excluding hydrogens is 244 g/mol. The molecular formula is C13H16N4O2. The lowest BCUT2D eigenvalue weighted by molar-refractivity contribution is -0.128. The summed E-state index contributed by atoms with van der Waals surface area (Å²) in [6.45, 7) is 3.85. The second-order valence-corrected chi connectivity index (χ2v) is 4.74. The first-order chi connectivity index (χ1) is 9.15. The van der Waals surface area contributed by atoms with Crippen LogP contribution in [-0.4, -0.2) is 34.9 Å². The number of oxazole rings is 1. The first kappa shape index (κ1) is 12.0. The average molecular weight is 260 g/mol. The molecule has 6 heteroatoms. The van der Waals surface area contributed by atoms with Crippen LogP contribution >= 0.6 is 0 Å². The minimum atomic E-state index is -0.166. The third kappa shape index (κ3) is 2.15. The van der Waals surface area contributed by atoms with Gasteiger partial charge in [-0.25, -0.2) is 4.98 Å². The van der Waals surface area contributed by atoms with Crippen LogP contribution in [0.15, 0.2) is 22.6 Å². The third-order valence-corrected chi connectivity index (χ3v) is 3.46. The van der Waals surface area contributed by atoms with E-state index < -0.39 is 0 Å². The molecule has 1 saturated heterocycles. The lowest BCUT2D eigenvalue weighted by atomic mass is 10.2. The topological polar surface area (TPSA) is 84.4 Å². The van der Waals surface area contributed by atoms with Crippen molar-refractivity contribution < 1.29 is 9.21 Å². The number of carbonyl (C=O) groups excluding carboxylic acids is 1. The molecule has 3 N–H and O–H groups in total. The van der Waals surface area contributed by atoms with Gasteiger partial charge in [0.15, 0.2) is 5.58 Å². The monoisotopic (exact) mass is 260 g/mol. The van der Waals surface area contributed by atoms with E-state index in [2.05, 4.69) is 10.3 Å². The number of para-hydroxylation sites is 1. The van der Waals surface area contributed by atoms with Crippen LogP contribution in [0.2, 0.25) is 0 Å². The van der Waals surface area contributed by atoms with E-state index in [0.29, 0.717) is 35.8 Å². The molecule has 0 radical (unpaired) electrons. The van der Waals surface area contributed by atoms with Crippen molar-refractivity contribution in [3.05, 3.63) is 24.1 Å². The Kier molecular flexibility index (Phi) is 2.87. The molecule has 3 rings (SSSR count). The summed E-state index contributed by atoms with van der Waals surface area (Å²) < 4.78 is 5.67. The fourth-order valence-electron chi connectivity index (χ4n) is 2.30. The average Bonchev–Trinajstić information content (AvgIpc) is 2.79. The number of nitrogen functional groups attached to an aromatic ring is 1. The van der Waals surface area contributed by atoms with Gasteiger partial charge in [0, 0.05) is 13.1 Å². The highest BCUT2D eigenvalue weighted by molar-refractivity contribution is 5.85. The van der Waals surface area contributed by atoms with Crippen molar-refractivity contribution in [3.8, 4) is 0 Å². The molecule has 0 aliphatic carbocycles. The molecule has 6 nitrogen and oxygen atoms in total. The molecule has 1 aromatic carbocycles. The second-order valence-electron chi connectivity index (χ2n) is 4.74. The van der Waals surface area contributed by atoms with Gasteiger partial charge in [0.2, 0.25) is 11.8 Å². The number of nitrogens with zero attached hydrogens (tertiary/aromatic N) is 2. The highest BCUT2D eigenvalue weighted by Gasteiger charge is 2.26. The molecule has 1 aliphatic heterocycles. The third-order valence-electron chi connectivity index (χ3n) is 3.46. The van der Waals surface area contributed by atoms with Crippen molar-refractivity contribution in [3.63, 3.8) is 0 Å². The van der Waals surface area contributed by atoms with Crippen LogP contribution in [0.1, 0.15) is 12.8 Å². The van der Waals surface area contributed by atoms with Gasteiger partial charge in [-0.05, 0) is 19.1 Å². The van der Waals surface area contributed by atoms with Crippen molar-refractivity contribution in [1.29, 1.82) is 0 Å². The number of anilines is 1. The molecule has 19 heavy (non-hydrogen) atoms. The van der Waals surface area contributed by atoms with Crippen molar-refractivity contribution in [2.45, 2.75) is 19.5 Å². The highest BCUT2D eigenvalue weighted by atomic mass is 16.3. The van der Waals surface area contributed by atoms with Crippen LogP contribution in [-0.2, 0) is 11.3 Å². The summed E-state index contributed by atoms with van der Waals surface area (Å²) in [6, 6.07) is 5.31. The van der Waals surface area contributed by atoms with Gasteiger partial charge in [-0.1, -0.05) is 6.07 Å². The van der Waals surface area contributed by atoms with Gasteiger partial charge < -0.3 is 15.5 Å². The Morgan fingerprint density at radius 2 is 2.42 bits per heavy atom. The van der Waals surface area contributed by atoms with E-state index in [4.69, 9.17) is 10.2 Å². The van der Waals surface area contributed by atoms with E-state index >= 15 is 0 Å². The largest absolute Gasteiger partial charge is 0.439 e. The molecule has 1 fully saturated rings. The van der Waals surface area contributed by atoms with Crippen LogP contribution in [0.4, 0.5) is 5.69 Å². The van der Waals surface area contributed by atoms with Crippen LogP contribution < -0.4 is 11.1 Å². The molecule has 0 bridgehead atoms. The van der Waals surface area contributed by atoms with Gasteiger partial charge >= 0.3 is 0 Å². The summed E-state index contributed by atoms with van der Waals surface area (Å²) in [5.74, 6) is 0.635. The molecule has 2 heterocycles. The number of amides is 1. The minimum absolute atomic E-state index is 0.0434. The molecule has 0 saturated carbocycles. The number of fused-ring (bicyclic) bond motifs is 1. The molecule has 1 aliphatic rings. The number of rotatable bonds is 2. The molecule has 2 aromatic rings. The van der Waals surface area contributed by atoms with Crippen molar-refractivity contribution in [2.24, 2.45) is 0 Å². The first-order valence-electron chi connectivity index (χ1n) is 6.31. The van der Waals surface area contributed by atoms with Crippen LogP contribution in [0.3, 0.4) is 0 Å². The Hall–Kier alpha value is -2.08. The smallest absolute Gasteiger partial charge is 0.237 e. The summed E-state index contributed by atoms with van der Waals surface area (Å²) in [5.41, 5.74) is 7.83. The summed E-state index contributed by atoms with van der Waals surface area (Å²) in [6.07, 6.45) is 0. The number of benzene rings is 1. The van der Waals surface area contributed by atoms with E-state index in [1.165, 1.54) is 0 Å². The fraction of sp³-hybridized carbons (Fsp3) is 0.385. The number of carbonyl (C=O) groups is 1. The van der Waals surface area contributed by atoms with Crippen LogP contribution in [0, 0.1) is 0 Å². The maximum atomic E-state index is 11.6. The maximum absolute atomic E-state index is 11.6. The number of nitrogens with two attached hydrogens (primary N) is 1. The Balaban J connectivity index is 1.85. The van der Waals surface area contributed by atoms with Crippen LogP contribution in [0.5, 0.6) is 0 Å². The maximum Gasteiger partial charge on any atom is 0.237 e. The van der Waals surface area contributed by atoms with Gasteiger partial charge in [0.1, 0.15) is 5.52 Å². The Morgan fingerprint density at radius 1 is 1.58 bits per heavy atom. The standard InChI is InChI=1S/C13H16N4O2/c1-8-13(18)15-5-6-17(8)7-11-16-12-9(14)3-2-4-10(12)19-11/h2-4,8H,5-7,14H2,1H3,(H,15,18). The molecule has 1 aromatic heterocycles. The predicted octanol–water partition coefficient (Wildman–Crippen LogP) is 0.730. The summed E-state index contributed by atoms with van der Waals surface area (Å²) in [5, 5.41) is 2.83. The Bertz CT molecular complexity index is 622. The first-order valence-corrected chi connectivity index (χ1v) is 6.31. The highest BCUT2D eigenvalue weighted by Crippen LogP contribution is 2.22. The SMILES string of the molecule is CC1C(=O)NCCN1Cc1nc2c(N)cccc2o1. The number of piperazine rings is 1. The fourth-order valence-corrected chi connectivity index (χ4v) is 2.30. The van der Waals surface area contributed by atoms with Gasteiger partial charge in [-0.15, -0.1) is 0 Å². The number of nitrogens with one attached hydrogen (secondary N) is 1. The zero-order valence-electron chi connectivity index (χ0n) is 10.7. The quantitative estimate of drug-likeness (QED) is 0.778. The molecule has 1 atom stereocenters. The van der Waals surface area contributed by atoms with Gasteiger partial charge in [-0.2, -0.15) is 0 Å².